The number of ether oxygens (including phenoxy) is 2. The minimum absolute atomic E-state index is 0.223. The van der Waals surface area contributed by atoms with E-state index in [2.05, 4.69) is 10.2 Å². The predicted molar refractivity (Wildman–Crippen MR) is 99.4 cm³/mol. The van der Waals surface area contributed by atoms with Gasteiger partial charge in [-0.15, -0.1) is 0 Å². The number of carbonyl (C=O) groups is 2. The molecular formula is C20H19F2N3O4. The Morgan fingerprint density at radius 1 is 0.966 bits per heavy atom. The summed E-state index contributed by atoms with van der Waals surface area (Å²) >= 11 is 0. The van der Waals surface area contributed by atoms with Crippen molar-refractivity contribution in [3.8, 4) is 11.5 Å². The summed E-state index contributed by atoms with van der Waals surface area (Å²) in [5.74, 6) is -1.81. The lowest BCUT2D eigenvalue weighted by atomic mass is 10.1. The lowest BCUT2D eigenvalue weighted by Gasteiger charge is -2.34. The van der Waals surface area contributed by atoms with Crippen LogP contribution >= 0.6 is 0 Å². The van der Waals surface area contributed by atoms with Crippen molar-refractivity contribution in [1.82, 2.24) is 9.80 Å². The van der Waals surface area contributed by atoms with Crippen molar-refractivity contribution in [3.05, 3.63) is 53.6 Å². The van der Waals surface area contributed by atoms with Gasteiger partial charge in [0.15, 0.2) is 11.5 Å². The van der Waals surface area contributed by atoms with Crippen LogP contribution in [0.15, 0.2) is 36.4 Å². The van der Waals surface area contributed by atoms with Gasteiger partial charge < -0.3 is 19.7 Å². The highest BCUT2D eigenvalue weighted by atomic mass is 19.1. The molecule has 0 spiro atoms. The van der Waals surface area contributed by atoms with E-state index >= 15 is 0 Å². The number of piperazine rings is 1. The van der Waals surface area contributed by atoms with E-state index in [-0.39, 0.29) is 12.5 Å². The minimum Gasteiger partial charge on any atom is -0.454 e. The Morgan fingerprint density at radius 3 is 2.52 bits per heavy atom. The first kappa shape index (κ1) is 19.1. The molecule has 1 saturated heterocycles. The average molecular weight is 403 g/mol. The van der Waals surface area contributed by atoms with Gasteiger partial charge in [0.2, 0.25) is 6.79 Å². The largest absolute Gasteiger partial charge is 0.454 e. The molecule has 4 rings (SSSR count). The summed E-state index contributed by atoms with van der Waals surface area (Å²) in [7, 11) is 0. The number of anilines is 1. The quantitative estimate of drug-likeness (QED) is 0.794. The topological polar surface area (TPSA) is 71.1 Å². The number of halogens is 2. The first-order chi connectivity index (χ1) is 14.0. The van der Waals surface area contributed by atoms with E-state index in [4.69, 9.17) is 9.47 Å². The minimum atomic E-state index is -0.987. The van der Waals surface area contributed by atoms with E-state index in [0.717, 1.165) is 35.3 Å². The Labute approximate surface area is 165 Å². The van der Waals surface area contributed by atoms with Gasteiger partial charge in [-0.2, -0.15) is 0 Å². The van der Waals surface area contributed by atoms with Gasteiger partial charge in [-0.05, 0) is 29.8 Å². The first-order valence-electron chi connectivity index (χ1n) is 9.16. The Morgan fingerprint density at radius 2 is 1.72 bits per heavy atom. The monoisotopic (exact) mass is 403 g/mol. The highest BCUT2D eigenvalue weighted by molar-refractivity contribution is 6.39. The van der Waals surface area contributed by atoms with Crippen LogP contribution in [0.25, 0.3) is 0 Å². The summed E-state index contributed by atoms with van der Waals surface area (Å²) in [6.45, 7) is 2.80. The summed E-state index contributed by atoms with van der Waals surface area (Å²) < 4.78 is 37.5. The zero-order valence-electron chi connectivity index (χ0n) is 15.5. The number of hydrogen-bond acceptors (Lipinski definition) is 5. The highest BCUT2D eigenvalue weighted by Gasteiger charge is 2.27. The molecule has 152 valence electrons. The number of fused-ring (bicyclic) bond motifs is 1. The molecule has 0 unspecified atom stereocenters. The van der Waals surface area contributed by atoms with E-state index in [9.17, 15) is 18.4 Å². The maximum Gasteiger partial charge on any atom is 0.313 e. The van der Waals surface area contributed by atoms with E-state index in [1.807, 2.05) is 18.2 Å². The van der Waals surface area contributed by atoms with Gasteiger partial charge in [0, 0.05) is 38.8 Å². The molecule has 0 radical (unpaired) electrons. The zero-order chi connectivity index (χ0) is 20.4. The van der Waals surface area contributed by atoms with Crippen LogP contribution in [0.3, 0.4) is 0 Å². The lowest BCUT2D eigenvalue weighted by Crippen LogP contribution is -2.51. The van der Waals surface area contributed by atoms with Crippen LogP contribution in [0.4, 0.5) is 14.5 Å². The summed E-state index contributed by atoms with van der Waals surface area (Å²) in [6.07, 6.45) is 0. The van der Waals surface area contributed by atoms with E-state index in [1.54, 1.807) is 0 Å². The predicted octanol–water partition coefficient (Wildman–Crippen LogP) is 1.98. The molecule has 1 fully saturated rings. The lowest BCUT2D eigenvalue weighted by molar-refractivity contribution is -0.144. The molecule has 7 nitrogen and oxygen atoms in total. The van der Waals surface area contributed by atoms with Gasteiger partial charge in [-0.25, -0.2) is 8.78 Å². The standard InChI is InChI=1S/C20H19F2N3O4/c21-14-2-3-15(22)16(10-14)23-19(26)20(27)25-7-5-24(6-8-25)11-13-1-4-17-18(9-13)29-12-28-17/h1-4,9-10H,5-8,11-12H2,(H,23,26). The van der Waals surface area contributed by atoms with Crippen molar-refractivity contribution >= 4 is 17.5 Å². The van der Waals surface area contributed by atoms with Crippen molar-refractivity contribution in [2.75, 3.05) is 38.3 Å². The Bertz CT molecular complexity index is 945. The molecule has 1 N–H and O–H groups in total. The molecular weight excluding hydrogens is 384 g/mol. The van der Waals surface area contributed by atoms with Gasteiger partial charge >= 0.3 is 11.8 Å². The molecule has 9 heteroatoms. The van der Waals surface area contributed by atoms with Crippen LogP contribution in [0, 0.1) is 11.6 Å². The number of hydrogen-bond donors (Lipinski definition) is 1. The first-order valence-corrected chi connectivity index (χ1v) is 9.16. The van der Waals surface area contributed by atoms with Gasteiger partial charge in [0.05, 0.1) is 5.69 Å². The number of benzene rings is 2. The molecule has 0 atom stereocenters. The van der Waals surface area contributed by atoms with E-state index in [0.29, 0.717) is 32.7 Å². The van der Waals surface area contributed by atoms with E-state index < -0.39 is 23.4 Å². The molecule has 0 bridgehead atoms. The summed E-state index contributed by atoms with van der Waals surface area (Å²) in [6, 6.07) is 8.43. The summed E-state index contributed by atoms with van der Waals surface area (Å²) in [5, 5.41) is 2.14. The Kier molecular flexibility index (Phi) is 5.30. The van der Waals surface area contributed by atoms with E-state index in [1.165, 1.54) is 4.90 Å². The van der Waals surface area contributed by atoms with Crippen molar-refractivity contribution in [1.29, 1.82) is 0 Å². The smallest absolute Gasteiger partial charge is 0.313 e. The van der Waals surface area contributed by atoms with Crippen molar-refractivity contribution in [2.45, 2.75) is 6.54 Å². The summed E-state index contributed by atoms with van der Waals surface area (Å²) in [5.41, 5.74) is 0.707. The number of nitrogens with zero attached hydrogens (tertiary/aromatic N) is 2. The molecule has 0 saturated carbocycles. The SMILES string of the molecule is O=C(Nc1cc(F)ccc1F)C(=O)N1CCN(Cc2ccc3c(c2)OCO3)CC1. The van der Waals surface area contributed by atoms with Crippen molar-refractivity contribution in [2.24, 2.45) is 0 Å². The molecule has 2 amide bonds. The third kappa shape index (κ3) is 4.29. The molecule has 2 aromatic carbocycles. The second-order valence-electron chi connectivity index (χ2n) is 6.83. The normalized spacial score (nSPS) is 16.0. The molecule has 29 heavy (non-hydrogen) atoms. The van der Waals surface area contributed by atoms with Crippen LogP contribution in [-0.2, 0) is 16.1 Å². The van der Waals surface area contributed by atoms with Crippen LogP contribution < -0.4 is 14.8 Å². The molecule has 0 aromatic heterocycles. The highest BCUT2D eigenvalue weighted by Crippen LogP contribution is 2.32. The maximum absolute atomic E-state index is 13.6. The second-order valence-corrected chi connectivity index (χ2v) is 6.83. The fourth-order valence-corrected chi connectivity index (χ4v) is 3.32. The number of carbonyl (C=O) groups excluding carboxylic acids is 2. The zero-order valence-corrected chi connectivity index (χ0v) is 15.5. The number of amides is 2. The van der Waals surface area contributed by atoms with Crippen molar-refractivity contribution < 1.29 is 27.8 Å². The molecule has 2 aliphatic heterocycles. The molecule has 2 aliphatic rings. The summed E-state index contributed by atoms with van der Waals surface area (Å²) in [4.78, 5) is 28.0. The van der Waals surface area contributed by atoms with Crippen LogP contribution in [-0.4, -0.2) is 54.6 Å². The van der Waals surface area contributed by atoms with Gasteiger partial charge in [0.1, 0.15) is 11.6 Å². The maximum atomic E-state index is 13.6. The molecule has 2 aromatic rings. The third-order valence-corrected chi connectivity index (χ3v) is 4.87. The third-order valence-electron chi connectivity index (χ3n) is 4.87. The fraction of sp³-hybridized carbons (Fsp3) is 0.300. The van der Waals surface area contributed by atoms with Crippen LogP contribution in [0.5, 0.6) is 11.5 Å². The van der Waals surface area contributed by atoms with Crippen LogP contribution in [0.1, 0.15) is 5.56 Å². The van der Waals surface area contributed by atoms with Gasteiger partial charge in [-0.1, -0.05) is 6.07 Å². The fourth-order valence-electron chi connectivity index (χ4n) is 3.32. The van der Waals surface area contributed by atoms with Gasteiger partial charge in [-0.3, -0.25) is 14.5 Å². The second kappa shape index (κ2) is 8.04. The Balaban J connectivity index is 1.30. The molecule has 0 aliphatic carbocycles. The number of nitrogens with one attached hydrogen (secondary N) is 1. The average Bonchev–Trinajstić information content (AvgIpc) is 3.18. The number of rotatable bonds is 3. The Hall–Kier alpha value is -3.20. The van der Waals surface area contributed by atoms with Crippen molar-refractivity contribution in [3.63, 3.8) is 0 Å². The van der Waals surface area contributed by atoms with Crippen LogP contribution in [0.2, 0.25) is 0 Å². The van der Waals surface area contributed by atoms with Gasteiger partial charge in [0.25, 0.3) is 0 Å². The molecule has 2 heterocycles.